The number of carbonyl (C=O) groups is 1. The first-order valence-corrected chi connectivity index (χ1v) is 8.76. The number of para-hydroxylation sites is 1. The first-order valence-electron chi connectivity index (χ1n) is 7.28. The van der Waals surface area contributed by atoms with Gasteiger partial charge in [-0.25, -0.2) is 13.2 Å². The Hall–Kier alpha value is -2.94. The molecule has 2 aromatic carbocycles. The van der Waals surface area contributed by atoms with Crippen molar-refractivity contribution in [2.24, 2.45) is 0 Å². The highest BCUT2D eigenvalue weighted by atomic mass is 32.2. The van der Waals surface area contributed by atoms with Crippen LogP contribution in [0.15, 0.2) is 53.4 Å². The van der Waals surface area contributed by atoms with Crippen molar-refractivity contribution in [1.82, 2.24) is 0 Å². The predicted molar refractivity (Wildman–Crippen MR) is 90.9 cm³/mol. The van der Waals surface area contributed by atoms with E-state index in [1.807, 2.05) is 0 Å². The Morgan fingerprint density at radius 1 is 1.16 bits per heavy atom. The van der Waals surface area contributed by atoms with E-state index in [1.54, 1.807) is 26.0 Å². The molecule has 0 aliphatic heterocycles. The van der Waals surface area contributed by atoms with E-state index in [1.165, 1.54) is 30.3 Å². The van der Waals surface area contributed by atoms with Crippen molar-refractivity contribution in [3.05, 3.63) is 64.2 Å². The normalized spacial score (nSPS) is 11.2. The van der Waals surface area contributed by atoms with Gasteiger partial charge in [0.25, 0.3) is 15.7 Å². The van der Waals surface area contributed by atoms with Crippen LogP contribution in [0.1, 0.15) is 24.2 Å². The summed E-state index contributed by atoms with van der Waals surface area (Å²) in [4.78, 5) is 21.9. The van der Waals surface area contributed by atoms with E-state index < -0.39 is 20.9 Å². The van der Waals surface area contributed by atoms with Crippen LogP contribution in [0, 0.1) is 10.1 Å². The highest BCUT2D eigenvalue weighted by Crippen LogP contribution is 2.23. The fourth-order valence-electron chi connectivity index (χ4n) is 2.00. The Bertz CT molecular complexity index is 908. The number of hydrogen-bond donors (Lipinski definition) is 1. The number of nitro benzene ring substituents is 1. The van der Waals surface area contributed by atoms with Crippen LogP contribution < -0.4 is 4.72 Å². The number of nitro groups is 1. The maximum atomic E-state index is 12.5. The number of hydrogen-bond acceptors (Lipinski definition) is 6. The third-order valence-corrected chi connectivity index (χ3v) is 4.44. The van der Waals surface area contributed by atoms with Gasteiger partial charge in [0, 0.05) is 12.1 Å². The number of esters is 1. The molecule has 8 nitrogen and oxygen atoms in total. The summed E-state index contributed by atoms with van der Waals surface area (Å²) < 4.78 is 32.3. The lowest BCUT2D eigenvalue weighted by atomic mass is 10.2. The Morgan fingerprint density at radius 3 is 2.48 bits per heavy atom. The molecule has 0 unspecified atom stereocenters. The number of carbonyl (C=O) groups excluding carboxylic acids is 1. The number of ether oxygens (including phenoxy) is 1. The molecule has 0 saturated heterocycles. The number of benzene rings is 2. The van der Waals surface area contributed by atoms with E-state index in [0.717, 1.165) is 6.07 Å². The third-order valence-electron chi connectivity index (χ3n) is 3.07. The fraction of sp³-hybridized carbons (Fsp3) is 0.188. The second-order valence-electron chi connectivity index (χ2n) is 5.36. The van der Waals surface area contributed by atoms with Gasteiger partial charge in [-0.3, -0.25) is 14.8 Å². The molecule has 0 atom stereocenters. The van der Waals surface area contributed by atoms with Gasteiger partial charge in [-0.05, 0) is 32.0 Å². The van der Waals surface area contributed by atoms with Gasteiger partial charge in [0.05, 0.1) is 27.2 Å². The van der Waals surface area contributed by atoms with Gasteiger partial charge in [-0.2, -0.15) is 0 Å². The monoisotopic (exact) mass is 364 g/mol. The molecule has 0 aliphatic rings. The lowest BCUT2D eigenvalue weighted by Crippen LogP contribution is -2.18. The SMILES string of the molecule is CC(C)OC(=O)c1ccccc1NS(=O)(=O)c1cccc([N+](=O)[O-])c1. The van der Waals surface area contributed by atoms with Gasteiger partial charge in [0.1, 0.15) is 0 Å². The summed E-state index contributed by atoms with van der Waals surface area (Å²) in [6, 6.07) is 10.6. The lowest BCUT2D eigenvalue weighted by Gasteiger charge is -2.13. The molecule has 0 aliphatic carbocycles. The van der Waals surface area contributed by atoms with Crippen molar-refractivity contribution in [1.29, 1.82) is 0 Å². The third kappa shape index (κ3) is 4.54. The first kappa shape index (κ1) is 18.4. The number of nitrogens with one attached hydrogen (secondary N) is 1. The van der Waals surface area contributed by atoms with E-state index in [-0.39, 0.29) is 27.9 Å². The topological polar surface area (TPSA) is 116 Å². The molecule has 0 heterocycles. The standard InChI is InChI=1S/C16H16N2O6S/c1-11(2)24-16(19)14-8-3-4-9-15(14)17-25(22,23)13-7-5-6-12(10-13)18(20)21/h3-11,17H,1-2H3. The zero-order chi connectivity index (χ0) is 18.6. The number of rotatable bonds is 6. The van der Waals surface area contributed by atoms with Crippen molar-refractivity contribution in [3.63, 3.8) is 0 Å². The number of anilines is 1. The Labute approximate surface area is 144 Å². The molecule has 2 rings (SSSR count). The zero-order valence-electron chi connectivity index (χ0n) is 13.5. The second-order valence-corrected chi connectivity index (χ2v) is 7.04. The van der Waals surface area contributed by atoms with E-state index >= 15 is 0 Å². The van der Waals surface area contributed by atoms with Gasteiger partial charge in [-0.1, -0.05) is 18.2 Å². The van der Waals surface area contributed by atoms with Crippen LogP contribution in [0.4, 0.5) is 11.4 Å². The van der Waals surface area contributed by atoms with Gasteiger partial charge in [0.15, 0.2) is 0 Å². The smallest absolute Gasteiger partial charge is 0.340 e. The molecular weight excluding hydrogens is 348 g/mol. The molecule has 1 N–H and O–H groups in total. The van der Waals surface area contributed by atoms with Crippen molar-refractivity contribution in [2.75, 3.05) is 4.72 Å². The maximum absolute atomic E-state index is 12.5. The first-order chi connectivity index (χ1) is 11.7. The van der Waals surface area contributed by atoms with Crippen LogP contribution in [0.25, 0.3) is 0 Å². The predicted octanol–water partition coefficient (Wildman–Crippen LogP) is 2.96. The van der Waals surface area contributed by atoms with Crippen LogP contribution in [0.3, 0.4) is 0 Å². The summed E-state index contributed by atoms with van der Waals surface area (Å²) in [5.74, 6) is -0.674. The van der Waals surface area contributed by atoms with Crippen LogP contribution in [0.5, 0.6) is 0 Å². The molecular formula is C16H16N2O6S. The minimum absolute atomic E-state index is 0.0275. The van der Waals surface area contributed by atoms with Crippen molar-refractivity contribution >= 4 is 27.4 Å². The summed E-state index contributed by atoms with van der Waals surface area (Å²) in [5, 5.41) is 10.8. The summed E-state index contributed by atoms with van der Waals surface area (Å²) in [5.41, 5.74) is -0.278. The van der Waals surface area contributed by atoms with E-state index in [9.17, 15) is 23.3 Å². The minimum atomic E-state index is -4.12. The maximum Gasteiger partial charge on any atom is 0.340 e. The Balaban J connectivity index is 2.37. The average molecular weight is 364 g/mol. The molecule has 25 heavy (non-hydrogen) atoms. The summed E-state index contributed by atoms with van der Waals surface area (Å²) in [6.07, 6.45) is -0.367. The second kappa shape index (κ2) is 7.31. The molecule has 0 bridgehead atoms. The number of non-ortho nitro benzene ring substituents is 1. The number of nitrogens with zero attached hydrogens (tertiary/aromatic N) is 1. The molecule has 9 heteroatoms. The molecule has 0 spiro atoms. The Kier molecular flexibility index (Phi) is 5.38. The van der Waals surface area contributed by atoms with Crippen molar-refractivity contribution in [2.45, 2.75) is 24.8 Å². The van der Waals surface area contributed by atoms with Crippen LogP contribution in [-0.2, 0) is 14.8 Å². The van der Waals surface area contributed by atoms with E-state index in [0.29, 0.717) is 0 Å². The Morgan fingerprint density at radius 2 is 1.84 bits per heavy atom. The number of sulfonamides is 1. The lowest BCUT2D eigenvalue weighted by molar-refractivity contribution is -0.385. The summed E-state index contributed by atoms with van der Waals surface area (Å²) >= 11 is 0. The van der Waals surface area contributed by atoms with Gasteiger partial charge < -0.3 is 4.74 Å². The van der Waals surface area contributed by atoms with E-state index in [2.05, 4.69) is 4.72 Å². The highest BCUT2D eigenvalue weighted by molar-refractivity contribution is 7.92. The van der Waals surface area contributed by atoms with Crippen LogP contribution in [0.2, 0.25) is 0 Å². The molecule has 0 fully saturated rings. The average Bonchev–Trinajstić information content (AvgIpc) is 2.54. The van der Waals surface area contributed by atoms with Gasteiger partial charge >= 0.3 is 5.97 Å². The summed E-state index contributed by atoms with van der Waals surface area (Å²) in [6.45, 7) is 3.35. The van der Waals surface area contributed by atoms with Crippen LogP contribution in [-0.4, -0.2) is 25.4 Å². The zero-order valence-corrected chi connectivity index (χ0v) is 14.3. The van der Waals surface area contributed by atoms with Crippen molar-refractivity contribution < 1.29 is 22.9 Å². The molecule has 0 amide bonds. The minimum Gasteiger partial charge on any atom is -0.459 e. The fourth-order valence-corrected chi connectivity index (χ4v) is 3.11. The van der Waals surface area contributed by atoms with Gasteiger partial charge in [0.2, 0.25) is 0 Å². The van der Waals surface area contributed by atoms with Crippen molar-refractivity contribution in [3.8, 4) is 0 Å². The van der Waals surface area contributed by atoms with Crippen LogP contribution >= 0.6 is 0 Å². The quantitative estimate of drug-likeness (QED) is 0.478. The van der Waals surface area contributed by atoms with E-state index in [4.69, 9.17) is 4.74 Å². The molecule has 2 aromatic rings. The van der Waals surface area contributed by atoms with Gasteiger partial charge in [-0.15, -0.1) is 0 Å². The largest absolute Gasteiger partial charge is 0.459 e. The molecule has 0 radical (unpaired) electrons. The molecule has 0 saturated carbocycles. The highest BCUT2D eigenvalue weighted by Gasteiger charge is 2.21. The molecule has 132 valence electrons. The molecule has 0 aromatic heterocycles. The summed E-state index contributed by atoms with van der Waals surface area (Å²) in [7, 11) is -4.12.